The minimum absolute atomic E-state index is 0.645. The summed E-state index contributed by atoms with van der Waals surface area (Å²) in [6.07, 6.45) is 15.3. The van der Waals surface area contributed by atoms with Gasteiger partial charge in [-0.05, 0) is 142 Å². The molecule has 1 saturated heterocycles. The molecule has 64 heavy (non-hydrogen) atoms. The van der Waals surface area contributed by atoms with Gasteiger partial charge in [-0.2, -0.15) is 0 Å². The number of aryl methyl sites for hydroxylation is 2. The number of hydrogen-bond donors (Lipinski definition) is 6. The number of fused-ring (bicyclic) bond motifs is 6. The van der Waals surface area contributed by atoms with E-state index in [1.807, 2.05) is 42.7 Å². The van der Waals surface area contributed by atoms with E-state index in [0.29, 0.717) is 11.4 Å². The highest BCUT2D eigenvalue weighted by Crippen LogP contribution is 2.39. The lowest BCUT2D eigenvalue weighted by atomic mass is 9.85. The summed E-state index contributed by atoms with van der Waals surface area (Å²) in [7, 11) is 2.19. The quantitative estimate of drug-likeness (QED) is 0.0462. The molecule has 13 heteroatoms. The third kappa shape index (κ3) is 9.71. The lowest BCUT2D eigenvalue weighted by Crippen LogP contribution is -2.45. The van der Waals surface area contributed by atoms with Gasteiger partial charge >= 0.3 is 0 Å². The van der Waals surface area contributed by atoms with Crippen LogP contribution in [0.5, 0.6) is 0 Å². The minimum Gasteiger partial charge on any atom is -0.398 e. The molecule has 2 aromatic carbocycles. The summed E-state index contributed by atoms with van der Waals surface area (Å²) in [5.41, 5.74) is 26.4. The van der Waals surface area contributed by atoms with Gasteiger partial charge in [0.2, 0.25) is 0 Å². The topological polar surface area (TPSA) is 185 Å². The van der Waals surface area contributed by atoms with Gasteiger partial charge in [-0.25, -0.2) is 19.9 Å². The van der Waals surface area contributed by atoms with Gasteiger partial charge in [-0.3, -0.25) is 4.90 Å². The Balaban J connectivity index is 0.000000175. The second-order valence-corrected chi connectivity index (χ2v) is 17.4. The molecule has 4 aromatic heterocycles. The maximum Gasteiger partial charge on any atom is 0.125 e. The first kappa shape index (κ1) is 44.6. The molecule has 1 fully saturated rings. The van der Waals surface area contributed by atoms with E-state index in [-0.39, 0.29) is 0 Å². The lowest BCUT2D eigenvalue weighted by Gasteiger charge is -2.32. The average molecular weight is 860 g/mol. The van der Waals surface area contributed by atoms with Crippen LogP contribution in [0.25, 0.3) is 44.3 Å². The number of nitrogen functional groups attached to an aromatic ring is 2. The van der Waals surface area contributed by atoms with Crippen molar-refractivity contribution < 1.29 is 0 Å². The number of nitrogens with one attached hydrogen (secondary N) is 4. The smallest absolute Gasteiger partial charge is 0.125 e. The molecule has 1 aliphatic heterocycles. The highest BCUT2D eigenvalue weighted by Gasteiger charge is 2.24. The van der Waals surface area contributed by atoms with E-state index >= 15 is 0 Å². The van der Waals surface area contributed by atoms with E-state index in [9.17, 15) is 0 Å². The van der Waals surface area contributed by atoms with Gasteiger partial charge in [0, 0.05) is 122 Å². The van der Waals surface area contributed by atoms with Gasteiger partial charge < -0.3 is 42.7 Å². The molecule has 0 saturated carbocycles. The summed E-state index contributed by atoms with van der Waals surface area (Å²) in [6.45, 7) is 14.9. The predicted octanol–water partition coefficient (Wildman–Crippen LogP) is 7.92. The molecular formula is C51H65N13. The minimum atomic E-state index is 0.645. The van der Waals surface area contributed by atoms with Gasteiger partial charge in [0.1, 0.15) is 11.6 Å². The number of piperazine rings is 1. The molecule has 0 bridgehead atoms. The van der Waals surface area contributed by atoms with Crippen LogP contribution < -0.4 is 22.1 Å². The SMILES string of the molecule is CCN(CC)CCNc1ccc(-c2nc3ccc(N)c(C=N)c3c3c2CCCC3)cn1.CN1CCN(CCNc2ccc(-c3nc4ccc(N)c(C=N)c4c4c3CCCC4)cn2)CC1. The van der Waals surface area contributed by atoms with E-state index < -0.39 is 0 Å². The summed E-state index contributed by atoms with van der Waals surface area (Å²) in [5.74, 6) is 1.80. The number of anilines is 4. The maximum absolute atomic E-state index is 7.90. The third-order valence-corrected chi connectivity index (χ3v) is 13.4. The van der Waals surface area contributed by atoms with E-state index in [1.165, 1.54) is 34.7 Å². The summed E-state index contributed by atoms with van der Waals surface area (Å²) in [5, 5.41) is 24.8. The summed E-state index contributed by atoms with van der Waals surface area (Å²) in [6, 6.07) is 16.0. The van der Waals surface area contributed by atoms with Crippen molar-refractivity contribution in [2.45, 2.75) is 65.2 Å². The van der Waals surface area contributed by atoms with Crippen LogP contribution in [0.15, 0.2) is 60.9 Å². The first-order valence-corrected chi connectivity index (χ1v) is 23.3. The number of rotatable bonds is 14. The van der Waals surface area contributed by atoms with Gasteiger partial charge in [0.15, 0.2) is 0 Å². The van der Waals surface area contributed by atoms with Crippen LogP contribution >= 0.6 is 0 Å². The second-order valence-electron chi connectivity index (χ2n) is 17.4. The monoisotopic (exact) mass is 860 g/mol. The van der Waals surface area contributed by atoms with Crippen molar-refractivity contribution >= 4 is 57.2 Å². The molecule has 0 spiro atoms. The molecular weight excluding hydrogens is 795 g/mol. The van der Waals surface area contributed by atoms with Crippen molar-refractivity contribution in [3.05, 3.63) is 94.3 Å². The highest BCUT2D eigenvalue weighted by atomic mass is 15.2. The molecule has 334 valence electrons. The Morgan fingerprint density at radius 2 is 1.09 bits per heavy atom. The third-order valence-electron chi connectivity index (χ3n) is 13.4. The number of pyridine rings is 4. The highest BCUT2D eigenvalue weighted by molar-refractivity contribution is 6.06. The van der Waals surface area contributed by atoms with Crippen molar-refractivity contribution in [3.8, 4) is 22.5 Å². The standard InChI is InChI=1S/C26H33N7.C25H32N6/c1-32-12-14-33(15-13-32)11-10-29-24-9-6-18(17-30-24)26-20-5-3-2-4-19(20)25-21(16-27)22(28)7-8-23(25)31-26;1-3-31(4-2)14-13-28-23-12-9-17(16-29-23)25-19-8-6-5-7-18(19)24-20(15-26)21(27)10-11-22(24)30-25/h6-9,16-17,27H,2-5,10-15,28H2,1H3,(H,29,30);9-12,15-16,26H,3-8,13-14,27H2,1-2H3,(H,28,29). The number of likely N-dealkylation sites (N-methyl/N-ethyl adjacent to an activating group) is 2. The lowest BCUT2D eigenvalue weighted by molar-refractivity contribution is 0.158. The first-order valence-electron chi connectivity index (χ1n) is 23.3. The van der Waals surface area contributed by atoms with Crippen LogP contribution in [0.2, 0.25) is 0 Å². The molecule has 9 rings (SSSR count). The van der Waals surface area contributed by atoms with Crippen LogP contribution in [-0.4, -0.2) is 120 Å². The van der Waals surface area contributed by atoms with Crippen molar-refractivity contribution in [2.24, 2.45) is 0 Å². The predicted molar refractivity (Wildman–Crippen MR) is 267 cm³/mol. The molecule has 3 aliphatic rings. The zero-order valence-corrected chi connectivity index (χ0v) is 37.9. The second kappa shape index (κ2) is 20.7. The Morgan fingerprint density at radius 1 is 0.625 bits per heavy atom. The van der Waals surface area contributed by atoms with E-state index in [2.05, 4.69) is 69.4 Å². The zero-order chi connectivity index (χ0) is 44.6. The normalized spacial score (nSPS) is 15.3. The fourth-order valence-corrected chi connectivity index (χ4v) is 9.69. The fourth-order valence-electron chi connectivity index (χ4n) is 9.69. The number of benzene rings is 2. The van der Waals surface area contributed by atoms with Crippen molar-refractivity contribution in [1.82, 2.24) is 34.6 Å². The number of nitrogens with two attached hydrogens (primary N) is 2. The van der Waals surface area contributed by atoms with Gasteiger partial charge in [-0.15, -0.1) is 0 Å². The Labute approximate surface area is 378 Å². The first-order chi connectivity index (χ1) is 31.3. The van der Waals surface area contributed by atoms with Gasteiger partial charge in [0.05, 0.1) is 22.4 Å². The average Bonchev–Trinajstić information content (AvgIpc) is 3.33. The van der Waals surface area contributed by atoms with Crippen LogP contribution in [-0.2, 0) is 25.7 Å². The summed E-state index contributed by atoms with van der Waals surface area (Å²) in [4.78, 5) is 26.7. The molecule has 0 atom stereocenters. The van der Waals surface area contributed by atoms with E-state index in [4.69, 9.17) is 37.2 Å². The molecule has 13 nitrogen and oxygen atoms in total. The summed E-state index contributed by atoms with van der Waals surface area (Å²) >= 11 is 0. The molecule has 5 heterocycles. The zero-order valence-electron chi connectivity index (χ0n) is 37.9. The van der Waals surface area contributed by atoms with E-state index in [1.54, 1.807) is 0 Å². The Morgan fingerprint density at radius 3 is 1.53 bits per heavy atom. The Bertz CT molecular complexity index is 2580. The van der Waals surface area contributed by atoms with Crippen molar-refractivity contribution in [2.75, 3.05) is 94.6 Å². The van der Waals surface area contributed by atoms with Gasteiger partial charge in [-0.1, -0.05) is 13.8 Å². The molecule has 0 amide bonds. The number of nitrogens with zero attached hydrogens (tertiary/aromatic N) is 7. The fraction of sp³-hybridized carbons (Fsp3) is 0.412. The maximum atomic E-state index is 7.90. The molecule has 8 N–H and O–H groups in total. The summed E-state index contributed by atoms with van der Waals surface area (Å²) < 4.78 is 0. The van der Waals surface area contributed by atoms with Crippen molar-refractivity contribution in [3.63, 3.8) is 0 Å². The Kier molecular flexibility index (Phi) is 14.4. The van der Waals surface area contributed by atoms with Crippen LogP contribution in [0.4, 0.5) is 23.0 Å². The largest absolute Gasteiger partial charge is 0.398 e. The molecule has 2 aliphatic carbocycles. The van der Waals surface area contributed by atoms with Crippen LogP contribution in [0.1, 0.15) is 72.9 Å². The van der Waals surface area contributed by atoms with Crippen LogP contribution in [0.3, 0.4) is 0 Å². The van der Waals surface area contributed by atoms with Gasteiger partial charge in [0.25, 0.3) is 0 Å². The molecule has 0 unspecified atom stereocenters. The number of aromatic nitrogens is 4. The van der Waals surface area contributed by atoms with E-state index in [0.717, 1.165) is 184 Å². The molecule has 0 radical (unpaired) electrons. The Hall–Kier alpha value is -6.02. The van der Waals surface area contributed by atoms with Crippen molar-refractivity contribution in [1.29, 1.82) is 10.8 Å². The molecule has 6 aromatic rings. The van der Waals surface area contributed by atoms with Crippen LogP contribution in [0, 0.1) is 10.8 Å². The number of hydrogen-bond acceptors (Lipinski definition) is 13.